The fraction of sp³-hybridized carbons (Fsp3) is 0.314. The highest BCUT2D eigenvalue weighted by Gasteiger charge is 2.23. The SMILES string of the molecule is CC1C=C(N(c2ccc(-c3ccc4[nH]c5ccc(C(C)(C)C)cc5c4c3)cc2)C2CC=CCC2)C=CC1. The van der Waals surface area contributed by atoms with Gasteiger partial charge in [0.2, 0.25) is 0 Å². The average molecular weight is 487 g/mol. The Kier molecular flexibility index (Phi) is 6.07. The maximum atomic E-state index is 3.61. The molecule has 6 rings (SSSR count). The number of nitrogens with one attached hydrogen (secondary N) is 1. The van der Waals surface area contributed by atoms with E-state index in [1.165, 1.54) is 56.3 Å². The molecule has 0 spiro atoms. The Morgan fingerprint density at radius 2 is 1.51 bits per heavy atom. The lowest BCUT2D eigenvalue weighted by molar-refractivity contribution is 0.573. The second kappa shape index (κ2) is 9.41. The van der Waals surface area contributed by atoms with E-state index >= 15 is 0 Å². The summed E-state index contributed by atoms with van der Waals surface area (Å²) in [4.78, 5) is 6.19. The van der Waals surface area contributed by atoms with Crippen molar-refractivity contribution in [1.82, 2.24) is 4.98 Å². The van der Waals surface area contributed by atoms with Crippen LogP contribution >= 0.6 is 0 Å². The number of rotatable bonds is 4. The molecule has 4 aromatic rings. The van der Waals surface area contributed by atoms with E-state index in [2.05, 4.69) is 129 Å². The van der Waals surface area contributed by atoms with Crippen molar-refractivity contribution in [3.63, 3.8) is 0 Å². The van der Waals surface area contributed by atoms with Crippen molar-refractivity contribution in [3.8, 4) is 11.1 Å². The van der Waals surface area contributed by atoms with Gasteiger partial charge in [-0.2, -0.15) is 0 Å². The first kappa shape index (κ1) is 23.9. The number of hydrogen-bond acceptors (Lipinski definition) is 1. The summed E-state index contributed by atoms with van der Waals surface area (Å²) in [6, 6.07) is 23.4. The molecule has 2 nitrogen and oxygen atoms in total. The summed E-state index contributed by atoms with van der Waals surface area (Å²) < 4.78 is 0. The van der Waals surface area contributed by atoms with E-state index in [4.69, 9.17) is 0 Å². The number of hydrogen-bond donors (Lipinski definition) is 1. The molecule has 0 saturated heterocycles. The predicted molar refractivity (Wildman–Crippen MR) is 160 cm³/mol. The molecule has 1 heterocycles. The van der Waals surface area contributed by atoms with Crippen LogP contribution in [-0.2, 0) is 5.41 Å². The third-order valence-electron chi connectivity index (χ3n) is 8.08. The molecule has 2 unspecified atom stereocenters. The second-order valence-corrected chi connectivity index (χ2v) is 12.0. The Labute approximate surface area is 221 Å². The van der Waals surface area contributed by atoms with E-state index in [0.717, 1.165) is 19.3 Å². The molecule has 2 aliphatic carbocycles. The van der Waals surface area contributed by atoms with Gasteiger partial charge in [-0.05, 0) is 96.2 Å². The maximum Gasteiger partial charge on any atom is 0.0465 e. The zero-order valence-corrected chi connectivity index (χ0v) is 22.6. The summed E-state index contributed by atoms with van der Waals surface area (Å²) in [5.41, 5.74) is 9.06. The van der Waals surface area contributed by atoms with Gasteiger partial charge in [-0.15, -0.1) is 0 Å². The molecule has 2 aliphatic rings. The smallest absolute Gasteiger partial charge is 0.0465 e. The monoisotopic (exact) mass is 486 g/mol. The van der Waals surface area contributed by atoms with Gasteiger partial charge in [-0.25, -0.2) is 0 Å². The van der Waals surface area contributed by atoms with Crippen molar-refractivity contribution in [3.05, 3.63) is 102 Å². The van der Waals surface area contributed by atoms with E-state index in [1.54, 1.807) is 0 Å². The normalized spacial score (nSPS) is 19.9. The topological polar surface area (TPSA) is 19.0 Å². The summed E-state index contributed by atoms with van der Waals surface area (Å²) >= 11 is 0. The van der Waals surface area contributed by atoms with Crippen molar-refractivity contribution in [1.29, 1.82) is 0 Å². The van der Waals surface area contributed by atoms with Crippen LogP contribution in [0.2, 0.25) is 0 Å². The highest BCUT2D eigenvalue weighted by Crippen LogP contribution is 2.36. The van der Waals surface area contributed by atoms with Crippen LogP contribution in [0.3, 0.4) is 0 Å². The third-order valence-corrected chi connectivity index (χ3v) is 8.08. The summed E-state index contributed by atoms with van der Waals surface area (Å²) in [5.74, 6) is 0.586. The fourth-order valence-electron chi connectivity index (χ4n) is 5.92. The Morgan fingerprint density at radius 3 is 2.22 bits per heavy atom. The largest absolute Gasteiger partial charge is 0.355 e. The molecule has 0 aliphatic heterocycles. The van der Waals surface area contributed by atoms with Gasteiger partial charge in [0.25, 0.3) is 0 Å². The van der Waals surface area contributed by atoms with Crippen molar-refractivity contribution in [2.24, 2.45) is 5.92 Å². The van der Waals surface area contributed by atoms with Crippen LogP contribution in [0.1, 0.15) is 58.9 Å². The lowest BCUT2D eigenvalue weighted by Gasteiger charge is -2.37. The lowest BCUT2D eigenvalue weighted by Crippen LogP contribution is -2.35. The van der Waals surface area contributed by atoms with Crippen LogP contribution in [0, 0.1) is 5.92 Å². The van der Waals surface area contributed by atoms with Gasteiger partial charge in [-0.3, -0.25) is 0 Å². The van der Waals surface area contributed by atoms with Gasteiger partial charge < -0.3 is 9.88 Å². The minimum Gasteiger partial charge on any atom is -0.355 e. The van der Waals surface area contributed by atoms with Crippen molar-refractivity contribution >= 4 is 27.5 Å². The quantitative estimate of drug-likeness (QED) is 0.284. The van der Waals surface area contributed by atoms with Gasteiger partial charge in [0, 0.05) is 39.2 Å². The summed E-state index contributed by atoms with van der Waals surface area (Å²) in [6.07, 6.45) is 16.4. The highest BCUT2D eigenvalue weighted by atomic mass is 15.2. The molecule has 3 aromatic carbocycles. The molecule has 188 valence electrons. The maximum absolute atomic E-state index is 3.61. The molecule has 0 saturated carbocycles. The zero-order valence-electron chi connectivity index (χ0n) is 22.6. The number of anilines is 1. The number of nitrogens with zero attached hydrogens (tertiary/aromatic N) is 1. The van der Waals surface area contributed by atoms with Crippen LogP contribution in [0.4, 0.5) is 5.69 Å². The molecule has 1 aromatic heterocycles. The van der Waals surface area contributed by atoms with E-state index in [1.807, 2.05) is 0 Å². The molecular weight excluding hydrogens is 448 g/mol. The summed E-state index contributed by atoms with van der Waals surface area (Å²) in [6.45, 7) is 9.16. The van der Waals surface area contributed by atoms with Gasteiger partial charge >= 0.3 is 0 Å². The molecule has 0 fully saturated rings. The fourth-order valence-corrected chi connectivity index (χ4v) is 5.92. The van der Waals surface area contributed by atoms with E-state index in [-0.39, 0.29) is 5.41 Å². The van der Waals surface area contributed by atoms with Crippen LogP contribution in [-0.4, -0.2) is 11.0 Å². The molecule has 1 N–H and O–H groups in total. The highest BCUT2D eigenvalue weighted by molar-refractivity contribution is 6.08. The zero-order chi connectivity index (χ0) is 25.6. The minimum absolute atomic E-state index is 0.131. The molecule has 0 radical (unpaired) electrons. The molecular formula is C35H38N2. The third kappa shape index (κ3) is 4.66. The molecule has 2 heteroatoms. The number of benzene rings is 3. The van der Waals surface area contributed by atoms with E-state index in [9.17, 15) is 0 Å². The number of fused-ring (bicyclic) bond motifs is 3. The predicted octanol–water partition coefficient (Wildman–Crippen LogP) is 9.68. The number of aromatic nitrogens is 1. The van der Waals surface area contributed by atoms with Crippen molar-refractivity contribution in [2.45, 2.75) is 64.8 Å². The molecule has 0 amide bonds. The Hall–Kier alpha value is -3.52. The number of H-pyrrole nitrogens is 1. The molecule has 0 bridgehead atoms. The van der Waals surface area contributed by atoms with Crippen LogP contribution in [0.15, 0.2) is 96.7 Å². The first-order valence-electron chi connectivity index (χ1n) is 13.9. The van der Waals surface area contributed by atoms with Gasteiger partial charge in [0.1, 0.15) is 0 Å². The van der Waals surface area contributed by atoms with Gasteiger partial charge in [0.05, 0.1) is 0 Å². The molecule has 37 heavy (non-hydrogen) atoms. The summed E-state index contributed by atoms with van der Waals surface area (Å²) in [7, 11) is 0. The van der Waals surface area contributed by atoms with E-state index in [0.29, 0.717) is 12.0 Å². The second-order valence-electron chi connectivity index (χ2n) is 12.0. The Morgan fingerprint density at radius 1 is 0.784 bits per heavy atom. The Bertz CT molecular complexity index is 1520. The van der Waals surface area contributed by atoms with Crippen LogP contribution in [0.25, 0.3) is 32.9 Å². The number of allylic oxidation sites excluding steroid dienone is 4. The van der Waals surface area contributed by atoms with Crippen molar-refractivity contribution < 1.29 is 0 Å². The minimum atomic E-state index is 0.131. The lowest BCUT2D eigenvalue weighted by atomic mass is 9.86. The Balaban J connectivity index is 1.37. The first-order chi connectivity index (χ1) is 17.9. The van der Waals surface area contributed by atoms with Crippen molar-refractivity contribution in [2.75, 3.05) is 4.90 Å². The van der Waals surface area contributed by atoms with Gasteiger partial charge in [-0.1, -0.05) is 76.3 Å². The first-order valence-corrected chi connectivity index (χ1v) is 13.9. The van der Waals surface area contributed by atoms with E-state index < -0.39 is 0 Å². The summed E-state index contributed by atoms with van der Waals surface area (Å²) in [5, 5.41) is 2.60. The molecule has 2 atom stereocenters. The standard InChI is InChI=1S/C35H38N2/c1-24-9-8-12-30(21-24)37(28-10-6-5-7-11-28)29-17-13-25(14-18-29)26-15-19-33-31(22-26)32-23-27(35(2,3)4)16-20-34(32)36-33/h5-6,8,12-24,28,36H,7,9-11H2,1-4H3. The van der Waals surface area contributed by atoms with Crippen LogP contribution < -0.4 is 4.90 Å². The number of aromatic amines is 1. The van der Waals surface area contributed by atoms with Crippen LogP contribution in [0.5, 0.6) is 0 Å². The van der Waals surface area contributed by atoms with Gasteiger partial charge in [0.15, 0.2) is 0 Å². The average Bonchev–Trinajstić information content (AvgIpc) is 3.27.